The summed E-state index contributed by atoms with van der Waals surface area (Å²) < 4.78 is 1.72. The van der Waals surface area contributed by atoms with E-state index in [1.165, 1.54) is 0 Å². The highest BCUT2D eigenvalue weighted by Crippen LogP contribution is 2.13. The monoisotopic (exact) mass is 346 g/mol. The fourth-order valence-electron chi connectivity index (χ4n) is 1.99. The Hall–Kier alpha value is -2.37. The third-order valence-electron chi connectivity index (χ3n) is 3.13. The van der Waals surface area contributed by atoms with Crippen LogP contribution in [0.25, 0.3) is 5.69 Å². The summed E-state index contributed by atoms with van der Waals surface area (Å²) in [5, 5.41) is 8.00. The molecule has 0 atom stereocenters. The summed E-state index contributed by atoms with van der Waals surface area (Å²) >= 11 is 11.6. The molecule has 116 valence electrons. The number of nitrogens with zero attached hydrogens (tertiary/aromatic N) is 3. The fraction of sp³-hybridized carbons (Fsp3) is 0.0625. The van der Waals surface area contributed by atoms with Crippen molar-refractivity contribution >= 4 is 29.1 Å². The van der Waals surface area contributed by atoms with E-state index in [0.717, 1.165) is 11.3 Å². The maximum absolute atomic E-state index is 12.0. The summed E-state index contributed by atoms with van der Waals surface area (Å²) in [6.07, 6.45) is 3.54. The van der Waals surface area contributed by atoms with Gasteiger partial charge in [0.2, 0.25) is 0 Å². The second-order valence-electron chi connectivity index (χ2n) is 4.80. The zero-order chi connectivity index (χ0) is 16.2. The van der Waals surface area contributed by atoms with Crippen molar-refractivity contribution in [2.75, 3.05) is 0 Å². The lowest BCUT2D eigenvalue weighted by atomic mass is 10.3. The Morgan fingerprint density at radius 2 is 1.91 bits per heavy atom. The van der Waals surface area contributed by atoms with Gasteiger partial charge in [0, 0.05) is 23.3 Å². The van der Waals surface area contributed by atoms with Gasteiger partial charge in [-0.3, -0.25) is 4.79 Å². The first-order valence-electron chi connectivity index (χ1n) is 6.82. The number of amides is 1. The van der Waals surface area contributed by atoms with Crippen LogP contribution < -0.4 is 5.32 Å². The Morgan fingerprint density at radius 3 is 2.65 bits per heavy atom. The van der Waals surface area contributed by atoms with Crippen molar-refractivity contribution in [2.45, 2.75) is 6.54 Å². The number of hydrogen-bond acceptors (Lipinski definition) is 3. The number of carbonyl (C=O) groups is 1. The molecule has 1 aromatic carbocycles. The van der Waals surface area contributed by atoms with Crippen LogP contribution in [0.15, 0.2) is 54.9 Å². The largest absolute Gasteiger partial charge is 0.347 e. The van der Waals surface area contributed by atoms with E-state index in [9.17, 15) is 4.79 Å². The van der Waals surface area contributed by atoms with E-state index in [1.807, 2.05) is 18.3 Å². The molecule has 7 heteroatoms. The molecule has 0 bridgehead atoms. The van der Waals surface area contributed by atoms with E-state index < -0.39 is 0 Å². The maximum Gasteiger partial charge on any atom is 0.270 e. The van der Waals surface area contributed by atoms with E-state index in [0.29, 0.717) is 11.6 Å². The highest BCUT2D eigenvalue weighted by molar-refractivity contribution is 6.30. The third kappa shape index (κ3) is 3.88. The molecule has 5 nitrogen and oxygen atoms in total. The summed E-state index contributed by atoms with van der Waals surface area (Å²) in [5.41, 5.74) is 2.04. The van der Waals surface area contributed by atoms with Crippen molar-refractivity contribution in [2.24, 2.45) is 0 Å². The van der Waals surface area contributed by atoms with Gasteiger partial charge in [0.1, 0.15) is 10.8 Å². The molecule has 0 spiro atoms. The molecular formula is C16H12Cl2N4O. The van der Waals surface area contributed by atoms with Gasteiger partial charge in [-0.25, -0.2) is 9.67 Å². The second kappa shape index (κ2) is 6.81. The Balaban J connectivity index is 1.65. The van der Waals surface area contributed by atoms with Gasteiger partial charge >= 0.3 is 0 Å². The molecule has 0 saturated heterocycles. The van der Waals surface area contributed by atoms with Crippen LogP contribution in [0.4, 0.5) is 0 Å². The molecule has 0 aliphatic carbocycles. The molecule has 3 aromatic rings. The van der Waals surface area contributed by atoms with Gasteiger partial charge < -0.3 is 5.32 Å². The van der Waals surface area contributed by atoms with E-state index in [-0.39, 0.29) is 16.8 Å². The van der Waals surface area contributed by atoms with Crippen LogP contribution in [0.2, 0.25) is 10.2 Å². The average Bonchev–Trinajstić information content (AvgIpc) is 3.02. The molecule has 0 aliphatic rings. The molecule has 3 rings (SSSR count). The summed E-state index contributed by atoms with van der Waals surface area (Å²) in [7, 11) is 0. The molecule has 0 unspecified atom stereocenters. The standard InChI is InChI=1S/C16H12Cl2N4O/c17-12-4-6-13(7-5-12)22-10-11(9-20-22)8-19-16(23)14-2-1-3-15(18)21-14/h1-7,9-10H,8H2,(H,19,23). The number of carbonyl (C=O) groups excluding carboxylic acids is 1. The minimum Gasteiger partial charge on any atom is -0.347 e. The summed E-state index contributed by atoms with van der Waals surface area (Å²) in [6, 6.07) is 12.2. The summed E-state index contributed by atoms with van der Waals surface area (Å²) in [4.78, 5) is 16.0. The van der Waals surface area contributed by atoms with Crippen LogP contribution in [-0.4, -0.2) is 20.7 Å². The first-order chi connectivity index (χ1) is 11.1. The highest BCUT2D eigenvalue weighted by atomic mass is 35.5. The van der Waals surface area contributed by atoms with Gasteiger partial charge in [-0.1, -0.05) is 29.3 Å². The molecule has 23 heavy (non-hydrogen) atoms. The van der Waals surface area contributed by atoms with E-state index in [4.69, 9.17) is 23.2 Å². The van der Waals surface area contributed by atoms with Crippen LogP contribution in [-0.2, 0) is 6.54 Å². The molecule has 1 amide bonds. The topological polar surface area (TPSA) is 59.8 Å². The number of hydrogen-bond donors (Lipinski definition) is 1. The molecular weight excluding hydrogens is 335 g/mol. The van der Waals surface area contributed by atoms with Gasteiger partial charge in [-0.15, -0.1) is 0 Å². The number of halogens is 2. The Labute approximate surface area is 142 Å². The first-order valence-corrected chi connectivity index (χ1v) is 7.58. The van der Waals surface area contributed by atoms with E-state index >= 15 is 0 Å². The zero-order valence-electron chi connectivity index (χ0n) is 11.9. The van der Waals surface area contributed by atoms with Crippen molar-refractivity contribution in [3.8, 4) is 5.69 Å². The molecule has 0 fully saturated rings. The Bertz CT molecular complexity index is 830. The van der Waals surface area contributed by atoms with Crippen molar-refractivity contribution in [3.63, 3.8) is 0 Å². The normalized spacial score (nSPS) is 10.5. The number of pyridine rings is 1. The minimum atomic E-state index is -0.285. The number of aromatic nitrogens is 3. The fourth-order valence-corrected chi connectivity index (χ4v) is 2.28. The quantitative estimate of drug-likeness (QED) is 0.735. The number of rotatable bonds is 4. The number of benzene rings is 1. The van der Waals surface area contributed by atoms with Gasteiger partial charge in [0.15, 0.2) is 0 Å². The predicted octanol–water partition coefficient (Wildman–Crippen LogP) is 3.50. The predicted molar refractivity (Wildman–Crippen MR) is 89.0 cm³/mol. The Morgan fingerprint density at radius 1 is 1.13 bits per heavy atom. The lowest BCUT2D eigenvalue weighted by Gasteiger charge is -2.03. The molecule has 0 aliphatic heterocycles. The zero-order valence-corrected chi connectivity index (χ0v) is 13.4. The second-order valence-corrected chi connectivity index (χ2v) is 5.62. The van der Waals surface area contributed by atoms with Crippen molar-refractivity contribution in [1.29, 1.82) is 0 Å². The smallest absolute Gasteiger partial charge is 0.270 e. The molecule has 0 saturated carbocycles. The van der Waals surface area contributed by atoms with Gasteiger partial charge in [-0.05, 0) is 36.4 Å². The van der Waals surface area contributed by atoms with Crippen molar-refractivity contribution < 1.29 is 4.79 Å². The third-order valence-corrected chi connectivity index (χ3v) is 3.59. The molecule has 1 N–H and O–H groups in total. The molecule has 2 aromatic heterocycles. The summed E-state index contributed by atoms with van der Waals surface area (Å²) in [6.45, 7) is 0.348. The Kier molecular flexibility index (Phi) is 4.60. The summed E-state index contributed by atoms with van der Waals surface area (Å²) in [5.74, 6) is -0.285. The van der Waals surface area contributed by atoms with Crippen LogP contribution >= 0.6 is 23.2 Å². The minimum absolute atomic E-state index is 0.280. The average molecular weight is 347 g/mol. The van der Waals surface area contributed by atoms with Gasteiger partial charge in [-0.2, -0.15) is 5.10 Å². The van der Waals surface area contributed by atoms with Crippen LogP contribution in [0, 0.1) is 0 Å². The van der Waals surface area contributed by atoms with Gasteiger partial charge in [0.25, 0.3) is 5.91 Å². The van der Waals surface area contributed by atoms with Crippen molar-refractivity contribution in [1.82, 2.24) is 20.1 Å². The van der Waals surface area contributed by atoms with E-state index in [1.54, 1.807) is 41.2 Å². The maximum atomic E-state index is 12.0. The molecule has 2 heterocycles. The highest BCUT2D eigenvalue weighted by Gasteiger charge is 2.08. The van der Waals surface area contributed by atoms with Crippen LogP contribution in [0.1, 0.15) is 16.1 Å². The first kappa shape index (κ1) is 15.5. The van der Waals surface area contributed by atoms with Crippen LogP contribution in [0.5, 0.6) is 0 Å². The number of nitrogens with one attached hydrogen (secondary N) is 1. The lowest BCUT2D eigenvalue weighted by molar-refractivity contribution is 0.0946. The van der Waals surface area contributed by atoms with Gasteiger partial charge in [0.05, 0.1) is 11.9 Å². The van der Waals surface area contributed by atoms with Crippen LogP contribution in [0.3, 0.4) is 0 Å². The molecule has 0 radical (unpaired) electrons. The SMILES string of the molecule is O=C(NCc1cnn(-c2ccc(Cl)cc2)c1)c1cccc(Cl)n1. The van der Waals surface area contributed by atoms with E-state index in [2.05, 4.69) is 15.4 Å². The lowest BCUT2D eigenvalue weighted by Crippen LogP contribution is -2.23. The van der Waals surface area contributed by atoms with Crippen molar-refractivity contribution in [3.05, 3.63) is 76.3 Å².